The summed E-state index contributed by atoms with van der Waals surface area (Å²) in [4.78, 5) is 10.7. The molecule has 0 aliphatic heterocycles. The maximum Gasteiger partial charge on any atom is 0.160 e. The highest BCUT2D eigenvalue weighted by atomic mass is 32.1. The molecular formula is C58H36N2S2. The van der Waals surface area contributed by atoms with Crippen molar-refractivity contribution in [3.8, 4) is 78.4 Å². The maximum atomic E-state index is 5.38. The molecule has 0 saturated heterocycles. The van der Waals surface area contributed by atoms with Gasteiger partial charge in [-0.05, 0) is 111 Å². The van der Waals surface area contributed by atoms with Gasteiger partial charge in [-0.1, -0.05) is 152 Å². The molecule has 0 aliphatic rings. The van der Waals surface area contributed by atoms with Crippen LogP contribution in [0.3, 0.4) is 0 Å². The number of thiophene rings is 2. The van der Waals surface area contributed by atoms with Crippen LogP contribution in [0.4, 0.5) is 0 Å². The van der Waals surface area contributed by atoms with E-state index in [4.69, 9.17) is 9.97 Å². The number of rotatable bonds is 7. The standard InChI is InChI=1S/C58H36N2S2/c1-3-12-37(13-4-1)41-16-11-17-42(30-41)38-22-24-40(25-23-38)53-36-52(39-14-5-2-6-15-39)59-58(60-53)47-32-45(43-26-28-56-50(34-43)48-18-7-9-20-54(48)61-56)31-46(33-47)44-27-29-57-51(35-44)49-19-8-10-21-55(49)62-57/h1-36H. The van der Waals surface area contributed by atoms with Gasteiger partial charge in [0.15, 0.2) is 5.82 Å². The highest BCUT2D eigenvalue weighted by molar-refractivity contribution is 7.26. The molecule has 3 heterocycles. The lowest BCUT2D eigenvalue weighted by molar-refractivity contribution is 1.18. The van der Waals surface area contributed by atoms with Crippen LogP contribution in [0.1, 0.15) is 0 Å². The Balaban J connectivity index is 1.02. The average molecular weight is 825 g/mol. The molecule has 0 bridgehead atoms. The Morgan fingerprint density at radius 3 is 1.16 bits per heavy atom. The number of hydrogen-bond acceptors (Lipinski definition) is 4. The fourth-order valence-corrected chi connectivity index (χ4v) is 10.9. The van der Waals surface area contributed by atoms with Crippen LogP contribution in [0.15, 0.2) is 218 Å². The van der Waals surface area contributed by atoms with Gasteiger partial charge in [0.1, 0.15) is 0 Å². The first-order valence-electron chi connectivity index (χ1n) is 20.9. The number of fused-ring (bicyclic) bond motifs is 6. The van der Waals surface area contributed by atoms with Crippen LogP contribution in [0, 0.1) is 0 Å². The van der Waals surface area contributed by atoms with Gasteiger partial charge in [0.05, 0.1) is 11.4 Å². The first-order chi connectivity index (χ1) is 30.7. The summed E-state index contributed by atoms with van der Waals surface area (Å²) in [7, 11) is 0. The van der Waals surface area contributed by atoms with E-state index < -0.39 is 0 Å². The Kier molecular flexibility index (Phi) is 8.91. The Morgan fingerprint density at radius 2 is 0.597 bits per heavy atom. The lowest BCUT2D eigenvalue weighted by atomic mass is 9.94. The summed E-state index contributed by atoms with van der Waals surface area (Å²) in [5.41, 5.74) is 14.1. The molecule has 0 radical (unpaired) electrons. The van der Waals surface area contributed by atoms with Crippen molar-refractivity contribution in [3.63, 3.8) is 0 Å². The molecule has 9 aromatic carbocycles. The minimum absolute atomic E-state index is 0.688. The van der Waals surface area contributed by atoms with Gasteiger partial charge in [0.2, 0.25) is 0 Å². The summed E-state index contributed by atoms with van der Waals surface area (Å²) in [5.74, 6) is 0.688. The lowest BCUT2D eigenvalue weighted by Gasteiger charge is -2.14. The van der Waals surface area contributed by atoms with Crippen molar-refractivity contribution >= 4 is 63.0 Å². The van der Waals surface area contributed by atoms with Gasteiger partial charge in [-0.3, -0.25) is 0 Å². The number of benzene rings is 9. The maximum absolute atomic E-state index is 5.38. The van der Waals surface area contributed by atoms with Crippen molar-refractivity contribution in [1.82, 2.24) is 9.97 Å². The molecule has 0 aliphatic carbocycles. The largest absolute Gasteiger partial charge is 0.228 e. The van der Waals surface area contributed by atoms with Gasteiger partial charge < -0.3 is 0 Å². The highest BCUT2D eigenvalue weighted by Crippen LogP contribution is 2.41. The number of hydrogen-bond donors (Lipinski definition) is 0. The van der Waals surface area contributed by atoms with Crippen LogP contribution >= 0.6 is 22.7 Å². The summed E-state index contributed by atoms with van der Waals surface area (Å²) >= 11 is 3.69. The van der Waals surface area contributed by atoms with Crippen molar-refractivity contribution in [3.05, 3.63) is 218 Å². The van der Waals surface area contributed by atoms with E-state index in [1.54, 1.807) is 0 Å². The van der Waals surface area contributed by atoms with Crippen molar-refractivity contribution in [2.24, 2.45) is 0 Å². The second-order valence-corrected chi connectivity index (χ2v) is 17.9. The number of nitrogens with zero attached hydrogens (tertiary/aromatic N) is 2. The zero-order valence-electron chi connectivity index (χ0n) is 33.5. The van der Waals surface area contributed by atoms with E-state index in [1.165, 1.54) is 57.0 Å². The smallest absolute Gasteiger partial charge is 0.160 e. The third-order valence-corrected chi connectivity index (χ3v) is 14.2. The normalized spacial score (nSPS) is 11.5. The minimum Gasteiger partial charge on any atom is -0.228 e. The zero-order valence-corrected chi connectivity index (χ0v) is 35.1. The molecule has 0 atom stereocenters. The minimum atomic E-state index is 0.688. The first kappa shape index (κ1) is 36.4. The molecule has 0 saturated carbocycles. The molecule has 0 amide bonds. The third-order valence-electron chi connectivity index (χ3n) is 11.9. The van der Waals surface area contributed by atoms with Gasteiger partial charge in [-0.15, -0.1) is 22.7 Å². The first-order valence-corrected chi connectivity index (χ1v) is 22.5. The summed E-state index contributed by atoms with van der Waals surface area (Å²) in [6.07, 6.45) is 0. The van der Waals surface area contributed by atoms with Crippen LogP contribution in [-0.4, -0.2) is 9.97 Å². The van der Waals surface area contributed by atoms with Crippen molar-refractivity contribution in [1.29, 1.82) is 0 Å². The van der Waals surface area contributed by atoms with E-state index in [-0.39, 0.29) is 0 Å². The lowest BCUT2D eigenvalue weighted by Crippen LogP contribution is -1.97. The molecule has 0 spiro atoms. The fourth-order valence-electron chi connectivity index (χ4n) is 8.72. The molecule has 12 aromatic rings. The Bertz CT molecular complexity index is 3490. The molecule has 290 valence electrons. The van der Waals surface area contributed by atoms with Gasteiger partial charge in [-0.25, -0.2) is 9.97 Å². The number of aromatic nitrogens is 2. The van der Waals surface area contributed by atoms with E-state index in [0.717, 1.165) is 55.9 Å². The van der Waals surface area contributed by atoms with Gasteiger partial charge in [-0.2, -0.15) is 0 Å². The molecule has 2 nitrogen and oxygen atoms in total. The second-order valence-electron chi connectivity index (χ2n) is 15.8. The molecule has 0 N–H and O–H groups in total. The van der Waals surface area contributed by atoms with Gasteiger partial charge >= 0.3 is 0 Å². The molecular weight excluding hydrogens is 789 g/mol. The van der Waals surface area contributed by atoms with Crippen LogP contribution < -0.4 is 0 Å². The third kappa shape index (κ3) is 6.67. The van der Waals surface area contributed by atoms with Crippen LogP contribution in [-0.2, 0) is 0 Å². The second kappa shape index (κ2) is 15.2. The SMILES string of the molecule is c1ccc(-c2cccc(-c3ccc(-c4cc(-c5ccccc5)nc(-c5cc(-c6ccc7sc8ccccc8c7c6)cc(-c6ccc7sc8ccccc8c7c6)c5)n4)cc3)c2)cc1. The van der Waals surface area contributed by atoms with Crippen molar-refractivity contribution in [2.45, 2.75) is 0 Å². The zero-order chi connectivity index (χ0) is 41.0. The Hall–Kier alpha value is -7.50. The predicted molar refractivity (Wildman–Crippen MR) is 266 cm³/mol. The molecule has 3 aromatic heterocycles. The van der Waals surface area contributed by atoms with E-state index in [1.807, 2.05) is 22.7 Å². The molecule has 0 fully saturated rings. The molecule has 12 rings (SSSR count). The van der Waals surface area contributed by atoms with Crippen molar-refractivity contribution < 1.29 is 0 Å². The average Bonchev–Trinajstić information content (AvgIpc) is 3.92. The summed E-state index contributed by atoms with van der Waals surface area (Å²) < 4.78 is 5.19. The summed E-state index contributed by atoms with van der Waals surface area (Å²) in [6.45, 7) is 0. The Morgan fingerprint density at radius 1 is 0.226 bits per heavy atom. The van der Waals surface area contributed by atoms with E-state index >= 15 is 0 Å². The van der Waals surface area contributed by atoms with E-state index in [0.29, 0.717) is 5.82 Å². The monoisotopic (exact) mass is 824 g/mol. The molecule has 0 unspecified atom stereocenters. The highest BCUT2D eigenvalue weighted by Gasteiger charge is 2.16. The molecule has 4 heteroatoms. The summed E-state index contributed by atoms with van der Waals surface area (Å²) in [5, 5.41) is 5.14. The van der Waals surface area contributed by atoms with Crippen LogP contribution in [0.5, 0.6) is 0 Å². The van der Waals surface area contributed by atoms with Crippen molar-refractivity contribution in [2.75, 3.05) is 0 Å². The Labute approximate surface area is 367 Å². The van der Waals surface area contributed by atoms with E-state index in [2.05, 4.69) is 218 Å². The fraction of sp³-hybridized carbons (Fsp3) is 0. The van der Waals surface area contributed by atoms with Gasteiger partial charge in [0, 0.05) is 57.0 Å². The molecule has 62 heavy (non-hydrogen) atoms. The summed E-state index contributed by atoms with van der Waals surface area (Å²) in [6, 6.07) is 78.8. The van der Waals surface area contributed by atoms with E-state index in [9.17, 15) is 0 Å². The topological polar surface area (TPSA) is 25.8 Å². The van der Waals surface area contributed by atoms with Gasteiger partial charge in [0.25, 0.3) is 0 Å². The quantitative estimate of drug-likeness (QED) is 0.160. The predicted octanol–water partition coefficient (Wildman–Crippen LogP) is 16.9. The van der Waals surface area contributed by atoms with Crippen LogP contribution in [0.25, 0.3) is 119 Å². The van der Waals surface area contributed by atoms with Crippen LogP contribution in [0.2, 0.25) is 0 Å².